The van der Waals surface area contributed by atoms with Crippen molar-refractivity contribution in [1.82, 2.24) is 30.2 Å². The lowest BCUT2D eigenvalue weighted by atomic mass is 9.71. The van der Waals surface area contributed by atoms with E-state index in [1.165, 1.54) is 6.42 Å². The van der Waals surface area contributed by atoms with Gasteiger partial charge in [0.25, 0.3) is 0 Å². The molecule has 2 atom stereocenters. The van der Waals surface area contributed by atoms with Gasteiger partial charge < -0.3 is 20.4 Å². The highest BCUT2D eigenvalue weighted by Gasteiger charge is 2.55. The smallest absolute Gasteiger partial charge is 0.408 e. The number of nitrogens with one attached hydrogen (secondary N) is 3. The molecule has 6 rings (SSSR count). The highest BCUT2D eigenvalue weighted by Crippen LogP contribution is 2.50. The maximum atomic E-state index is 12.1. The summed E-state index contributed by atoms with van der Waals surface area (Å²) in [6, 6.07) is 17.3. The van der Waals surface area contributed by atoms with Crippen LogP contribution >= 0.6 is 0 Å². The monoisotopic (exact) mass is 524 g/mol. The minimum Gasteiger partial charge on any atom is -0.465 e. The molecule has 2 aliphatic heterocycles. The van der Waals surface area contributed by atoms with Crippen LogP contribution in [0.3, 0.4) is 0 Å². The van der Waals surface area contributed by atoms with Crippen molar-refractivity contribution >= 4 is 6.09 Å². The number of nitrogens with zero attached hydrogens (tertiary/aromatic N) is 3. The highest BCUT2D eigenvalue weighted by atomic mass is 16.4. The topological polar surface area (TPSA) is 110 Å². The number of hydrogen-bond donors (Lipinski definition) is 4. The molecule has 2 saturated heterocycles. The zero-order valence-electron chi connectivity index (χ0n) is 22.8. The molecule has 2 aliphatic rings. The third kappa shape index (κ3) is 4.42. The van der Waals surface area contributed by atoms with Crippen LogP contribution in [0.5, 0.6) is 0 Å². The number of H-pyrrole nitrogens is 2. The van der Waals surface area contributed by atoms with Crippen molar-refractivity contribution in [3.05, 3.63) is 72.6 Å². The van der Waals surface area contributed by atoms with Crippen molar-refractivity contribution in [3.63, 3.8) is 0 Å². The number of likely N-dealkylation sites (tertiary alicyclic amines) is 1. The van der Waals surface area contributed by atoms with Gasteiger partial charge in [0.2, 0.25) is 0 Å². The molecule has 0 unspecified atom stereocenters. The number of benzene rings is 2. The number of carbonyl (C=O) groups is 1. The number of imidazole rings is 2. The zero-order valence-corrected chi connectivity index (χ0v) is 22.8. The highest BCUT2D eigenvalue weighted by molar-refractivity contribution is 5.72. The first-order valence-electron chi connectivity index (χ1n) is 13.8. The zero-order chi connectivity index (χ0) is 27.2. The predicted octanol–water partition coefficient (Wildman–Crippen LogP) is 6.57. The first kappa shape index (κ1) is 25.4. The van der Waals surface area contributed by atoms with Gasteiger partial charge in [0.05, 0.1) is 29.8 Å². The summed E-state index contributed by atoms with van der Waals surface area (Å²) in [6.07, 6.45) is 6.74. The second-order valence-electron chi connectivity index (χ2n) is 11.8. The second kappa shape index (κ2) is 9.68. The Morgan fingerprint density at radius 2 is 1.49 bits per heavy atom. The average molecular weight is 525 g/mol. The number of aromatic amines is 2. The van der Waals surface area contributed by atoms with E-state index in [0.29, 0.717) is 12.6 Å². The third-order valence-electron chi connectivity index (χ3n) is 8.53. The SMILES string of the molecule is CC(C)(C)[C@]1(c2ncc(-c3ccc(-c4ccc(-c5cnc([C@@H]6CCCN6)[nH]5)cc4)cc3)[nH]2)CCCN1C(=O)O. The van der Waals surface area contributed by atoms with Gasteiger partial charge >= 0.3 is 6.09 Å². The first-order valence-corrected chi connectivity index (χ1v) is 13.8. The molecule has 4 aromatic rings. The number of carboxylic acid groups (broad SMARTS) is 1. The van der Waals surface area contributed by atoms with Crippen molar-refractivity contribution in [1.29, 1.82) is 0 Å². The molecule has 8 heteroatoms. The van der Waals surface area contributed by atoms with Crippen LogP contribution in [0.1, 0.15) is 64.1 Å². The summed E-state index contributed by atoms with van der Waals surface area (Å²) in [5.41, 5.74) is 5.34. The fourth-order valence-corrected chi connectivity index (χ4v) is 6.40. The van der Waals surface area contributed by atoms with E-state index in [9.17, 15) is 9.90 Å². The van der Waals surface area contributed by atoms with Gasteiger partial charge in [-0.15, -0.1) is 0 Å². The Labute approximate surface area is 228 Å². The van der Waals surface area contributed by atoms with E-state index in [1.807, 2.05) is 12.4 Å². The largest absolute Gasteiger partial charge is 0.465 e. The maximum Gasteiger partial charge on any atom is 0.408 e. The number of rotatable bonds is 5. The summed E-state index contributed by atoms with van der Waals surface area (Å²) in [4.78, 5) is 30.0. The normalized spacial score (nSPS) is 21.5. The van der Waals surface area contributed by atoms with Gasteiger partial charge in [-0.2, -0.15) is 0 Å². The molecule has 1 amide bonds. The Balaban J connectivity index is 1.21. The Morgan fingerprint density at radius 3 is 2.05 bits per heavy atom. The first-order chi connectivity index (χ1) is 18.8. The molecule has 4 heterocycles. The average Bonchev–Trinajstić information content (AvgIpc) is 3.74. The van der Waals surface area contributed by atoms with Crippen molar-refractivity contribution in [3.8, 4) is 33.6 Å². The van der Waals surface area contributed by atoms with E-state index < -0.39 is 11.6 Å². The Morgan fingerprint density at radius 1 is 0.897 bits per heavy atom. The number of amides is 1. The lowest BCUT2D eigenvalue weighted by Crippen LogP contribution is -2.53. The quantitative estimate of drug-likeness (QED) is 0.236. The molecule has 0 bridgehead atoms. The lowest BCUT2D eigenvalue weighted by molar-refractivity contribution is 0.0217. The van der Waals surface area contributed by atoms with Crippen LogP contribution in [0.15, 0.2) is 60.9 Å². The summed E-state index contributed by atoms with van der Waals surface area (Å²) < 4.78 is 0. The summed E-state index contributed by atoms with van der Waals surface area (Å²) in [6.45, 7) is 7.85. The lowest BCUT2D eigenvalue weighted by Gasteiger charge is -2.45. The van der Waals surface area contributed by atoms with E-state index in [0.717, 1.165) is 71.1 Å². The fourth-order valence-electron chi connectivity index (χ4n) is 6.40. The van der Waals surface area contributed by atoms with Crippen molar-refractivity contribution in [2.24, 2.45) is 5.41 Å². The van der Waals surface area contributed by atoms with Crippen molar-refractivity contribution < 1.29 is 9.90 Å². The molecule has 8 nitrogen and oxygen atoms in total. The van der Waals surface area contributed by atoms with E-state index in [4.69, 9.17) is 4.98 Å². The molecule has 202 valence electrons. The van der Waals surface area contributed by atoms with Crippen molar-refractivity contribution in [2.45, 2.75) is 58.0 Å². The van der Waals surface area contributed by atoms with Gasteiger partial charge in [-0.05, 0) is 59.9 Å². The van der Waals surface area contributed by atoms with E-state index in [2.05, 4.69) is 89.6 Å². The number of hydrogen-bond acceptors (Lipinski definition) is 4. The molecule has 0 saturated carbocycles. The van der Waals surface area contributed by atoms with Crippen LogP contribution in [-0.4, -0.2) is 49.1 Å². The van der Waals surface area contributed by atoms with Gasteiger partial charge in [-0.1, -0.05) is 69.3 Å². The van der Waals surface area contributed by atoms with E-state index in [1.54, 1.807) is 4.90 Å². The molecule has 2 aromatic carbocycles. The number of aromatic nitrogens is 4. The van der Waals surface area contributed by atoms with Gasteiger partial charge in [0.15, 0.2) is 0 Å². The Kier molecular flexibility index (Phi) is 6.30. The van der Waals surface area contributed by atoms with Crippen LogP contribution in [0.4, 0.5) is 4.79 Å². The van der Waals surface area contributed by atoms with E-state index in [-0.39, 0.29) is 5.41 Å². The molecular weight excluding hydrogens is 488 g/mol. The van der Waals surface area contributed by atoms with Crippen LogP contribution < -0.4 is 5.32 Å². The minimum absolute atomic E-state index is 0.307. The third-order valence-corrected chi connectivity index (χ3v) is 8.53. The molecule has 0 spiro atoms. The van der Waals surface area contributed by atoms with Crippen LogP contribution in [0, 0.1) is 5.41 Å². The van der Waals surface area contributed by atoms with Crippen LogP contribution in [-0.2, 0) is 5.54 Å². The fraction of sp³-hybridized carbons (Fsp3) is 0.387. The predicted molar refractivity (Wildman–Crippen MR) is 152 cm³/mol. The van der Waals surface area contributed by atoms with Gasteiger partial charge in [0.1, 0.15) is 17.2 Å². The van der Waals surface area contributed by atoms with Crippen LogP contribution in [0.2, 0.25) is 0 Å². The van der Waals surface area contributed by atoms with Gasteiger partial charge in [-0.3, -0.25) is 4.90 Å². The summed E-state index contributed by atoms with van der Waals surface area (Å²) in [5.74, 6) is 1.73. The summed E-state index contributed by atoms with van der Waals surface area (Å²) >= 11 is 0. The van der Waals surface area contributed by atoms with Crippen LogP contribution in [0.25, 0.3) is 33.6 Å². The molecule has 0 radical (unpaired) electrons. The summed E-state index contributed by atoms with van der Waals surface area (Å²) in [7, 11) is 0. The maximum absolute atomic E-state index is 12.1. The van der Waals surface area contributed by atoms with E-state index >= 15 is 0 Å². The second-order valence-corrected chi connectivity index (χ2v) is 11.8. The Hall–Kier alpha value is -3.91. The standard InChI is InChI=1S/C31H36N6O2/c1-30(2,3)31(15-5-17-37(31)29(38)39)28-34-19-26(36-28)23-13-9-21(10-14-23)20-7-11-22(12-8-20)25-18-33-27(35-25)24-6-4-16-32-24/h7-14,18-19,24,32H,4-6,15-17H2,1-3H3,(H,33,35)(H,34,36)(H,38,39)/t24-,31+/m0/s1. The summed E-state index contributed by atoms with van der Waals surface area (Å²) in [5, 5.41) is 13.4. The molecule has 0 aliphatic carbocycles. The molecular formula is C31H36N6O2. The molecule has 39 heavy (non-hydrogen) atoms. The molecule has 2 fully saturated rings. The molecule has 2 aromatic heterocycles. The molecule has 4 N–H and O–H groups in total. The van der Waals surface area contributed by atoms with Gasteiger partial charge in [0, 0.05) is 6.54 Å². The van der Waals surface area contributed by atoms with Crippen molar-refractivity contribution in [2.75, 3.05) is 13.1 Å². The van der Waals surface area contributed by atoms with Gasteiger partial charge in [-0.25, -0.2) is 14.8 Å². The Bertz CT molecular complexity index is 1460. The minimum atomic E-state index is -0.894.